The smallest absolute Gasteiger partial charge is 0.336 e. The Bertz CT molecular complexity index is 1290. The number of hydrogen-bond acceptors (Lipinski definition) is 6. The number of amides is 1. The lowest BCUT2D eigenvalue weighted by Gasteiger charge is -2.34. The standard InChI is InChI=1S/C21H22N4O5S/c1-14-6-7-18(12-15(14)2)31(28,29)25-10-8-24(9-11-25)20(26)17-5-3-4-16(13-17)19-22-21(27)30-23-19/h3-7,12-13H,8-11H2,1-2H3,(H,22,23,27). The van der Waals surface area contributed by atoms with E-state index >= 15 is 0 Å². The summed E-state index contributed by atoms with van der Waals surface area (Å²) in [5, 5.41) is 3.63. The molecule has 10 heteroatoms. The average molecular weight is 442 g/mol. The second-order valence-corrected chi connectivity index (χ2v) is 9.40. The van der Waals surface area contributed by atoms with Gasteiger partial charge in [-0.1, -0.05) is 23.4 Å². The summed E-state index contributed by atoms with van der Waals surface area (Å²) in [4.78, 5) is 28.4. The summed E-state index contributed by atoms with van der Waals surface area (Å²) >= 11 is 0. The number of nitrogens with one attached hydrogen (secondary N) is 1. The summed E-state index contributed by atoms with van der Waals surface area (Å²) < 4.78 is 31.9. The molecule has 0 unspecified atom stereocenters. The molecule has 0 saturated carbocycles. The van der Waals surface area contributed by atoms with Crippen molar-refractivity contribution in [3.63, 3.8) is 0 Å². The van der Waals surface area contributed by atoms with Crippen LogP contribution in [0.2, 0.25) is 0 Å². The third-order valence-electron chi connectivity index (χ3n) is 5.47. The van der Waals surface area contributed by atoms with Crippen molar-refractivity contribution in [1.29, 1.82) is 0 Å². The van der Waals surface area contributed by atoms with E-state index in [1.165, 1.54) is 4.31 Å². The van der Waals surface area contributed by atoms with Crippen molar-refractivity contribution in [3.05, 3.63) is 69.7 Å². The lowest BCUT2D eigenvalue weighted by atomic mass is 10.1. The molecule has 3 aromatic rings. The van der Waals surface area contributed by atoms with E-state index in [0.717, 1.165) is 11.1 Å². The van der Waals surface area contributed by atoms with Crippen LogP contribution in [0.3, 0.4) is 0 Å². The van der Waals surface area contributed by atoms with Gasteiger partial charge in [-0.15, -0.1) is 0 Å². The van der Waals surface area contributed by atoms with Crippen LogP contribution in [0.25, 0.3) is 11.4 Å². The highest BCUT2D eigenvalue weighted by Gasteiger charge is 2.30. The zero-order chi connectivity index (χ0) is 22.2. The number of piperazine rings is 1. The fourth-order valence-electron chi connectivity index (χ4n) is 3.49. The van der Waals surface area contributed by atoms with Crippen molar-refractivity contribution in [2.24, 2.45) is 0 Å². The van der Waals surface area contributed by atoms with Crippen LogP contribution in [0, 0.1) is 13.8 Å². The molecule has 2 heterocycles. The molecule has 1 aromatic heterocycles. The summed E-state index contributed by atoms with van der Waals surface area (Å²) in [5.74, 6) is -0.646. The average Bonchev–Trinajstić information content (AvgIpc) is 3.21. The number of aryl methyl sites for hydroxylation is 2. The predicted octanol–water partition coefficient (Wildman–Crippen LogP) is 1.79. The number of benzene rings is 2. The topological polar surface area (TPSA) is 117 Å². The van der Waals surface area contributed by atoms with Gasteiger partial charge in [-0.3, -0.25) is 14.3 Å². The SMILES string of the molecule is Cc1ccc(S(=O)(=O)N2CCN(C(=O)c3cccc(-c4noc(=O)[nH]4)c3)CC2)cc1C. The van der Waals surface area contributed by atoms with E-state index in [0.29, 0.717) is 11.1 Å². The van der Waals surface area contributed by atoms with E-state index in [2.05, 4.69) is 14.7 Å². The normalized spacial score (nSPS) is 15.2. The first-order valence-electron chi connectivity index (χ1n) is 9.79. The number of rotatable bonds is 4. The molecule has 0 atom stereocenters. The Labute approximate surface area is 179 Å². The van der Waals surface area contributed by atoms with Crippen LogP contribution in [0.5, 0.6) is 0 Å². The molecule has 1 N–H and O–H groups in total. The zero-order valence-electron chi connectivity index (χ0n) is 17.2. The van der Waals surface area contributed by atoms with Gasteiger partial charge in [0.2, 0.25) is 10.0 Å². The third kappa shape index (κ3) is 4.17. The van der Waals surface area contributed by atoms with Gasteiger partial charge >= 0.3 is 5.76 Å². The number of sulfonamides is 1. The molecule has 31 heavy (non-hydrogen) atoms. The molecule has 1 fully saturated rings. The molecule has 0 spiro atoms. The lowest BCUT2D eigenvalue weighted by molar-refractivity contribution is 0.0698. The van der Waals surface area contributed by atoms with Gasteiger partial charge in [0.1, 0.15) is 0 Å². The van der Waals surface area contributed by atoms with E-state index in [-0.39, 0.29) is 42.8 Å². The van der Waals surface area contributed by atoms with Crippen LogP contribution >= 0.6 is 0 Å². The van der Waals surface area contributed by atoms with E-state index in [1.807, 2.05) is 13.8 Å². The predicted molar refractivity (Wildman–Crippen MR) is 113 cm³/mol. The number of hydrogen-bond donors (Lipinski definition) is 1. The minimum atomic E-state index is -3.61. The monoisotopic (exact) mass is 442 g/mol. The molecule has 0 aliphatic carbocycles. The van der Waals surface area contributed by atoms with Gasteiger partial charge in [0.25, 0.3) is 5.91 Å². The summed E-state index contributed by atoms with van der Waals surface area (Å²) in [6.07, 6.45) is 0. The largest absolute Gasteiger partial charge is 0.439 e. The Morgan fingerprint density at radius 3 is 2.42 bits per heavy atom. The Morgan fingerprint density at radius 1 is 1.03 bits per heavy atom. The molecule has 2 aromatic carbocycles. The number of carbonyl (C=O) groups is 1. The zero-order valence-corrected chi connectivity index (χ0v) is 18.0. The van der Waals surface area contributed by atoms with Crippen molar-refractivity contribution < 1.29 is 17.7 Å². The van der Waals surface area contributed by atoms with Crippen molar-refractivity contribution in [2.75, 3.05) is 26.2 Å². The Balaban J connectivity index is 1.47. The van der Waals surface area contributed by atoms with Gasteiger partial charge in [0, 0.05) is 37.3 Å². The fourth-order valence-corrected chi connectivity index (χ4v) is 5.00. The van der Waals surface area contributed by atoms with Gasteiger partial charge in [-0.25, -0.2) is 13.2 Å². The van der Waals surface area contributed by atoms with Crippen molar-refractivity contribution in [3.8, 4) is 11.4 Å². The van der Waals surface area contributed by atoms with Crippen LogP contribution in [0.4, 0.5) is 0 Å². The molecule has 0 radical (unpaired) electrons. The first kappa shape index (κ1) is 21.0. The summed E-state index contributed by atoms with van der Waals surface area (Å²) in [5.41, 5.74) is 2.92. The number of aromatic amines is 1. The van der Waals surface area contributed by atoms with E-state index in [9.17, 15) is 18.0 Å². The summed E-state index contributed by atoms with van der Waals surface area (Å²) in [6, 6.07) is 11.8. The number of aromatic nitrogens is 2. The molecule has 1 saturated heterocycles. The van der Waals surface area contributed by atoms with Gasteiger partial charge in [-0.2, -0.15) is 4.31 Å². The van der Waals surface area contributed by atoms with Crippen LogP contribution < -0.4 is 5.76 Å². The fraction of sp³-hybridized carbons (Fsp3) is 0.286. The van der Waals surface area contributed by atoms with Crippen molar-refractivity contribution >= 4 is 15.9 Å². The molecule has 1 aliphatic rings. The van der Waals surface area contributed by atoms with Crippen LogP contribution in [-0.4, -0.2) is 59.8 Å². The van der Waals surface area contributed by atoms with Crippen LogP contribution in [0.15, 0.2) is 56.7 Å². The second kappa shape index (κ2) is 8.12. The van der Waals surface area contributed by atoms with Gasteiger partial charge in [-0.05, 0) is 49.2 Å². The highest BCUT2D eigenvalue weighted by atomic mass is 32.2. The maximum atomic E-state index is 13.0. The maximum Gasteiger partial charge on any atom is 0.439 e. The number of carbonyl (C=O) groups excluding carboxylic acids is 1. The first-order valence-corrected chi connectivity index (χ1v) is 11.2. The van der Waals surface area contributed by atoms with Gasteiger partial charge < -0.3 is 4.90 Å². The molecule has 1 aliphatic heterocycles. The van der Waals surface area contributed by atoms with Gasteiger partial charge in [0.05, 0.1) is 4.90 Å². The van der Waals surface area contributed by atoms with Crippen LogP contribution in [-0.2, 0) is 10.0 Å². The second-order valence-electron chi connectivity index (χ2n) is 7.47. The molecule has 162 valence electrons. The molecule has 4 rings (SSSR count). The number of nitrogens with zero attached hydrogens (tertiary/aromatic N) is 3. The third-order valence-corrected chi connectivity index (χ3v) is 7.36. The Hall–Kier alpha value is -3.24. The summed E-state index contributed by atoms with van der Waals surface area (Å²) in [7, 11) is -3.61. The molecule has 0 bridgehead atoms. The maximum absolute atomic E-state index is 13.0. The Morgan fingerprint density at radius 2 is 1.77 bits per heavy atom. The summed E-state index contributed by atoms with van der Waals surface area (Å²) in [6.45, 7) is 4.83. The highest BCUT2D eigenvalue weighted by Crippen LogP contribution is 2.22. The van der Waals surface area contributed by atoms with E-state index in [1.54, 1.807) is 47.4 Å². The molecular weight excluding hydrogens is 420 g/mol. The molecule has 1 amide bonds. The van der Waals surface area contributed by atoms with Crippen molar-refractivity contribution in [1.82, 2.24) is 19.3 Å². The molecular formula is C21H22N4O5S. The quantitative estimate of drug-likeness (QED) is 0.659. The number of H-pyrrole nitrogens is 1. The van der Waals surface area contributed by atoms with E-state index < -0.39 is 15.8 Å². The molecule has 9 nitrogen and oxygen atoms in total. The Kier molecular flexibility index (Phi) is 5.50. The first-order chi connectivity index (χ1) is 14.8. The highest BCUT2D eigenvalue weighted by molar-refractivity contribution is 7.89. The lowest BCUT2D eigenvalue weighted by Crippen LogP contribution is -2.50. The van der Waals surface area contributed by atoms with Gasteiger partial charge in [0.15, 0.2) is 5.82 Å². The van der Waals surface area contributed by atoms with E-state index in [4.69, 9.17) is 0 Å². The minimum absolute atomic E-state index is 0.212. The van der Waals surface area contributed by atoms with Crippen LogP contribution in [0.1, 0.15) is 21.5 Å². The minimum Gasteiger partial charge on any atom is -0.336 e. The van der Waals surface area contributed by atoms with Crippen molar-refractivity contribution in [2.45, 2.75) is 18.7 Å².